The van der Waals surface area contributed by atoms with Crippen molar-refractivity contribution in [3.8, 4) is 0 Å². The van der Waals surface area contributed by atoms with Gasteiger partial charge in [0.2, 0.25) is 0 Å². The zero-order chi connectivity index (χ0) is 15.2. The Kier molecular flexibility index (Phi) is 3.46. The maximum atomic E-state index is 12.6. The second-order valence-corrected chi connectivity index (χ2v) is 7.17. The van der Waals surface area contributed by atoms with Crippen molar-refractivity contribution < 1.29 is 9.53 Å². The fourth-order valence-electron chi connectivity index (χ4n) is 4.16. The summed E-state index contributed by atoms with van der Waals surface area (Å²) < 4.78 is 5.53. The molecule has 0 radical (unpaired) electrons. The molecule has 22 heavy (non-hydrogen) atoms. The van der Waals surface area contributed by atoms with Gasteiger partial charge < -0.3 is 15.8 Å². The van der Waals surface area contributed by atoms with Crippen LogP contribution in [0.25, 0.3) is 0 Å². The summed E-state index contributed by atoms with van der Waals surface area (Å²) in [7, 11) is 0. The summed E-state index contributed by atoms with van der Waals surface area (Å²) in [6.07, 6.45) is 6.53. The lowest BCUT2D eigenvalue weighted by atomic mass is 9.82. The fourth-order valence-corrected chi connectivity index (χ4v) is 4.16. The highest BCUT2D eigenvalue weighted by Crippen LogP contribution is 2.55. The van der Waals surface area contributed by atoms with Gasteiger partial charge in [-0.2, -0.15) is 0 Å². The molecule has 0 saturated heterocycles. The first kappa shape index (κ1) is 14.2. The van der Waals surface area contributed by atoms with Gasteiger partial charge >= 0.3 is 0 Å². The van der Waals surface area contributed by atoms with Crippen LogP contribution >= 0.6 is 0 Å². The summed E-state index contributed by atoms with van der Waals surface area (Å²) in [5.41, 5.74) is 9.58. The van der Waals surface area contributed by atoms with Crippen LogP contribution in [0, 0.1) is 5.41 Å². The standard InChI is InChI=1S/C18H24N2O2/c19-16-10-18(16)7-4-13(5-8-18)20-17(21)14-3-1-2-12-6-9-22-11-15(12)14/h1-3,13,16H,4-11,19H2,(H,20,21). The first-order valence-electron chi connectivity index (χ1n) is 8.43. The Bertz CT molecular complexity index is 591. The second-order valence-electron chi connectivity index (χ2n) is 7.17. The van der Waals surface area contributed by atoms with Gasteiger partial charge in [0.25, 0.3) is 5.91 Å². The summed E-state index contributed by atoms with van der Waals surface area (Å²) in [5, 5.41) is 3.23. The van der Waals surface area contributed by atoms with Crippen LogP contribution in [-0.2, 0) is 17.8 Å². The zero-order valence-electron chi connectivity index (χ0n) is 12.9. The molecule has 1 aromatic rings. The number of hydrogen-bond donors (Lipinski definition) is 2. The molecule has 1 aliphatic heterocycles. The number of fused-ring (bicyclic) bond motifs is 1. The Labute approximate surface area is 131 Å². The molecule has 1 atom stereocenters. The third-order valence-corrected chi connectivity index (χ3v) is 5.85. The molecular weight excluding hydrogens is 276 g/mol. The second kappa shape index (κ2) is 5.36. The van der Waals surface area contributed by atoms with Crippen molar-refractivity contribution >= 4 is 5.91 Å². The Morgan fingerprint density at radius 2 is 2.09 bits per heavy atom. The molecule has 2 aliphatic carbocycles. The molecule has 4 heteroatoms. The molecular formula is C18H24N2O2. The number of benzene rings is 1. The van der Waals surface area contributed by atoms with Crippen molar-refractivity contribution in [2.45, 2.75) is 57.2 Å². The van der Waals surface area contributed by atoms with E-state index in [1.54, 1.807) is 0 Å². The molecule has 2 fully saturated rings. The van der Waals surface area contributed by atoms with Crippen molar-refractivity contribution in [3.63, 3.8) is 0 Å². The minimum atomic E-state index is 0.0587. The molecule has 0 bridgehead atoms. The number of rotatable bonds is 2. The predicted molar refractivity (Wildman–Crippen MR) is 84.5 cm³/mol. The molecule has 1 heterocycles. The molecule has 1 amide bonds. The normalized spacial score (nSPS) is 33.3. The number of amides is 1. The SMILES string of the molecule is NC1CC12CCC(NC(=O)c1cccc3c1COCC3)CC2. The topological polar surface area (TPSA) is 64.3 Å². The van der Waals surface area contributed by atoms with E-state index < -0.39 is 0 Å². The van der Waals surface area contributed by atoms with E-state index in [1.165, 1.54) is 12.0 Å². The van der Waals surface area contributed by atoms with Crippen LogP contribution in [-0.4, -0.2) is 24.6 Å². The predicted octanol–water partition coefficient (Wildman–Crippen LogP) is 2.15. The van der Waals surface area contributed by atoms with Crippen molar-refractivity contribution in [1.82, 2.24) is 5.32 Å². The van der Waals surface area contributed by atoms with Gasteiger partial charge in [-0.25, -0.2) is 0 Å². The average molecular weight is 300 g/mol. The lowest BCUT2D eigenvalue weighted by molar-refractivity contribution is 0.0895. The summed E-state index contributed by atoms with van der Waals surface area (Å²) in [5.74, 6) is 0.0587. The molecule has 0 aromatic heterocycles. The van der Waals surface area contributed by atoms with E-state index in [2.05, 4.69) is 11.4 Å². The van der Waals surface area contributed by atoms with Crippen molar-refractivity contribution in [2.24, 2.45) is 11.1 Å². The maximum absolute atomic E-state index is 12.6. The van der Waals surface area contributed by atoms with Crippen molar-refractivity contribution in [1.29, 1.82) is 0 Å². The van der Waals surface area contributed by atoms with Crippen LogP contribution in [0.4, 0.5) is 0 Å². The maximum Gasteiger partial charge on any atom is 0.251 e. The Morgan fingerprint density at radius 1 is 1.32 bits per heavy atom. The van der Waals surface area contributed by atoms with E-state index >= 15 is 0 Å². The third kappa shape index (κ3) is 2.44. The Hall–Kier alpha value is -1.39. The lowest BCUT2D eigenvalue weighted by Crippen LogP contribution is -2.39. The van der Waals surface area contributed by atoms with E-state index in [0.717, 1.165) is 49.8 Å². The van der Waals surface area contributed by atoms with Gasteiger partial charge in [0.15, 0.2) is 0 Å². The van der Waals surface area contributed by atoms with Crippen LogP contribution in [0.1, 0.15) is 53.6 Å². The van der Waals surface area contributed by atoms with E-state index in [0.29, 0.717) is 24.1 Å². The van der Waals surface area contributed by atoms with Gasteiger partial charge in [-0.3, -0.25) is 4.79 Å². The van der Waals surface area contributed by atoms with Gasteiger partial charge in [0.1, 0.15) is 0 Å². The average Bonchev–Trinajstić information content (AvgIpc) is 3.18. The number of nitrogens with two attached hydrogens (primary N) is 1. The molecule has 4 nitrogen and oxygen atoms in total. The Balaban J connectivity index is 1.43. The first-order valence-corrected chi connectivity index (χ1v) is 8.43. The highest BCUT2D eigenvalue weighted by atomic mass is 16.5. The molecule has 1 unspecified atom stereocenters. The van der Waals surface area contributed by atoms with E-state index in [9.17, 15) is 4.79 Å². The quantitative estimate of drug-likeness (QED) is 0.879. The lowest BCUT2D eigenvalue weighted by Gasteiger charge is -2.30. The van der Waals surface area contributed by atoms with E-state index in [4.69, 9.17) is 10.5 Å². The number of carbonyl (C=O) groups excluding carboxylic acids is 1. The minimum Gasteiger partial charge on any atom is -0.376 e. The van der Waals surface area contributed by atoms with Gasteiger partial charge in [0, 0.05) is 17.6 Å². The number of ether oxygens (including phenoxy) is 1. The highest BCUT2D eigenvalue weighted by Gasteiger charge is 2.52. The van der Waals surface area contributed by atoms with E-state index in [1.807, 2.05) is 12.1 Å². The van der Waals surface area contributed by atoms with Crippen LogP contribution in [0.15, 0.2) is 18.2 Å². The molecule has 4 rings (SSSR count). The largest absolute Gasteiger partial charge is 0.376 e. The molecule has 3 aliphatic rings. The van der Waals surface area contributed by atoms with Crippen LogP contribution in [0.2, 0.25) is 0 Å². The number of nitrogens with one attached hydrogen (secondary N) is 1. The fraction of sp³-hybridized carbons (Fsp3) is 0.611. The monoisotopic (exact) mass is 300 g/mol. The molecule has 3 N–H and O–H groups in total. The van der Waals surface area contributed by atoms with Crippen LogP contribution in [0.5, 0.6) is 0 Å². The minimum absolute atomic E-state index is 0.0587. The zero-order valence-corrected chi connectivity index (χ0v) is 12.9. The van der Waals surface area contributed by atoms with E-state index in [-0.39, 0.29) is 5.91 Å². The molecule has 2 saturated carbocycles. The summed E-state index contributed by atoms with van der Waals surface area (Å²) in [4.78, 5) is 12.6. The van der Waals surface area contributed by atoms with Crippen LogP contribution in [0.3, 0.4) is 0 Å². The smallest absolute Gasteiger partial charge is 0.251 e. The Morgan fingerprint density at radius 3 is 2.82 bits per heavy atom. The summed E-state index contributed by atoms with van der Waals surface area (Å²) in [6, 6.07) is 6.71. The van der Waals surface area contributed by atoms with Gasteiger partial charge in [-0.1, -0.05) is 12.1 Å². The molecule has 1 spiro atoms. The van der Waals surface area contributed by atoms with Crippen molar-refractivity contribution in [2.75, 3.05) is 6.61 Å². The summed E-state index contributed by atoms with van der Waals surface area (Å²) in [6.45, 7) is 1.31. The molecule has 118 valence electrons. The van der Waals surface area contributed by atoms with Crippen molar-refractivity contribution in [3.05, 3.63) is 34.9 Å². The van der Waals surface area contributed by atoms with Gasteiger partial charge in [-0.15, -0.1) is 0 Å². The highest BCUT2D eigenvalue weighted by molar-refractivity contribution is 5.96. The van der Waals surface area contributed by atoms with Crippen LogP contribution < -0.4 is 11.1 Å². The third-order valence-electron chi connectivity index (χ3n) is 5.85. The molecule has 1 aromatic carbocycles. The first-order chi connectivity index (χ1) is 10.7. The number of hydrogen-bond acceptors (Lipinski definition) is 3. The number of carbonyl (C=O) groups is 1. The van der Waals surface area contributed by atoms with Gasteiger partial charge in [0.05, 0.1) is 13.2 Å². The summed E-state index contributed by atoms with van der Waals surface area (Å²) >= 11 is 0. The van der Waals surface area contributed by atoms with Gasteiger partial charge in [-0.05, 0) is 61.1 Å².